The average Bonchev–Trinajstić information content (AvgIpc) is 3.12. The van der Waals surface area contributed by atoms with Crippen molar-refractivity contribution < 1.29 is 28.9 Å². The van der Waals surface area contributed by atoms with Gasteiger partial charge in [-0.05, 0) is 53.7 Å². The lowest BCUT2D eigenvalue weighted by Crippen LogP contribution is -2.32. The van der Waals surface area contributed by atoms with Gasteiger partial charge in [0.2, 0.25) is 5.75 Å². The minimum Gasteiger partial charge on any atom is -0.492 e. The quantitative estimate of drug-likeness (QED) is 0.211. The predicted molar refractivity (Wildman–Crippen MR) is 131 cm³/mol. The molecule has 3 aromatic rings. The molecule has 0 saturated carbocycles. The van der Waals surface area contributed by atoms with Gasteiger partial charge in [-0.25, -0.2) is 0 Å². The number of ether oxygens (including phenoxy) is 2. The molecular formula is C24H17N3O8S. The van der Waals surface area contributed by atoms with Crippen LogP contribution in [0.4, 0.5) is 16.2 Å². The summed E-state index contributed by atoms with van der Waals surface area (Å²) in [5.74, 6) is 0.196. The Bertz CT molecular complexity index is 1380. The highest BCUT2D eigenvalue weighted by molar-refractivity contribution is 8.18. The Balaban J connectivity index is 1.46. The lowest BCUT2D eigenvalue weighted by Gasteiger charge is -2.13. The van der Waals surface area contributed by atoms with Crippen LogP contribution in [-0.4, -0.2) is 39.0 Å². The van der Waals surface area contributed by atoms with Crippen molar-refractivity contribution in [2.45, 2.75) is 0 Å². The molecule has 1 aliphatic heterocycles. The summed E-state index contributed by atoms with van der Waals surface area (Å²) in [5.41, 5.74) is -0.482. The molecule has 182 valence electrons. The maximum atomic E-state index is 12.7. The number of thioether (sulfide) groups is 1. The molecule has 1 fully saturated rings. The van der Waals surface area contributed by atoms with Gasteiger partial charge in [0.1, 0.15) is 18.1 Å². The van der Waals surface area contributed by atoms with Crippen molar-refractivity contribution in [1.29, 1.82) is 0 Å². The first-order valence-electron chi connectivity index (χ1n) is 10.5. The van der Waals surface area contributed by atoms with Gasteiger partial charge < -0.3 is 9.47 Å². The van der Waals surface area contributed by atoms with E-state index in [9.17, 15) is 29.8 Å². The number of nitro benzene ring substituents is 2. The summed E-state index contributed by atoms with van der Waals surface area (Å²) < 4.78 is 11.2. The number of hydrogen-bond acceptors (Lipinski definition) is 9. The van der Waals surface area contributed by atoms with Crippen LogP contribution < -0.4 is 9.47 Å². The molecular weight excluding hydrogens is 490 g/mol. The molecule has 4 rings (SSSR count). The van der Waals surface area contributed by atoms with E-state index < -0.39 is 32.4 Å². The van der Waals surface area contributed by atoms with Crippen LogP contribution in [0.3, 0.4) is 0 Å². The number of amides is 2. The average molecular weight is 507 g/mol. The third-order valence-electron chi connectivity index (χ3n) is 4.93. The van der Waals surface area contributed by atoms with Crippen LogP contribution in [0.5, 0.6) is 17.2 Å². The normalized spacial score (nSPS) is 14.2. The molecule has 0 radical (unpaired) electrons. The molecule has 0 N–H and O–H groups in total. The number of hydrogen-bond donors (Lipinski definition) is 0. The topological polar surface area (TPSA) is 142 Å². The second kappa shape index (κ2) is 10.7. The highest BCUT2D eigenvalue weighted by Gasteiger charge is 2.34. The lowest BCUT2D eigenvalue weighted by atomic mass is 10.2. The van der Waals surface area contributed by atoms with Crippen LogP contribution in [-0.2, 0) is 4.79 Å². The number of rotatable bonds is 9. The smallest absolute Gasteiger partial charge is 0.318 e. The third-order valence-corrected chi connectivity index (χ3v) is 5.84. The van der Waals surface area contributed by atoms with Crippen LogP contribution >= 0.6 is 11.8 Å². The van der Waals surface area contributed by atoms with Gasteiger partial charge in [0.25, 0.3) is 16.8 Å². The minimum absolute atomic E-state index is 0.0872. The van der Waals surface area contributed by atoms with E-state index >= 15 is 0 Å². The van der Waals surface area contributed by atoms with Crippen molar-refractivity contribution in [2.24, 2.45) is 0 Å². The maximum Gasteiger partial charge on any atom is 0.318 e. The standard InChI is InChI=1S/C24H17N3O8S/c28-23-22(36-24(29)25(23)11-12-34-18-6-2-1-3-7-18)14-16-5-4-8-19(13-16)35-21-10-9-17(26(30)31)15-20(21)27(32)33/h1-10,13-15H,11-12H2/b22-14-. The fourth-order valence-corrected chi connectivity index (χ4v) is 4.12. The van der Waals surface area contributed by atoms with E-state index in [4.69, 9.17) is 9.47 Å². The summed E-state index contributed by atoms with van der Waals surface area (Å²) in [5, 5.41) is 21.8. The van der Waals surface area contributed by atoms with Crippen molar-refractivity contribution >= 4 is 40.4 Å². The SMILES string of the molecule is O=C1S/C(=C\c2cccc(Oc3ccc([N+](=O)[O-])cc3[N+](=O)[O-])c2)C(=O)N1CCOc1ccccc1. The van der Waals surface area contributed by atoms with Gasteiger partial charge in [-0.3, -0.25) is 34.7 Å². The summed E-state index contributed by atoms with van der Waals surface area (Å²) in [6.07, 6.45) is 1.51. The molecule has 3 aromatic carbocycles. The molecule has 11 nitrogen and oxygen atoms in total. The summed E-state index contributed by atoms with van der Waals surface area (Å²) >= 11 is 0.792. The highest BCUT2D eigenvalue weighted by atomic mass is 32.2. The molecule has 12 heteroatoms. The number of carbonyl (C=O) groups is 2. The van der Waals surface area contributed by atoms with Crippen molar-refractivity contribution in [3.05, 3.63) is 103 Å². The Kier molecular flexibility index (Phi) is 7.25. The molecule has 0 atom stereocenters. The van der Waals surface area contributed by atoms with Gasteiger partial charge in [0, 0.05) is 6.07 Å². The molecule has 0 bridgehead atoms. The zero-order valence-corrected chi connectivity index (χ0v) is 19.3. The highest BCUT2D eigenvalue weighted by Crippen LogP contribution is 2.36. The molecule has 1 heterocycles. The number of para-hydroxylation sites is 1. The fourth-order valence-electron chi connectivity index (χ4n) is 3.26. The van der Waals surface area contributed by atoms with E-state index in [1.807, 2.05) is 18.2 Å². The van der Waals surface area contributed by atoms with Gasteiger partial charge >= 0.3 is 5.69 Å². The first-order chi connectivity index (χ1) is 17.3. The van der Waals surface area contributed by atoms with E-state index in [0.29, 0.717) is 11.3 Å². The van der Waals surface area contributed by atoms with Gasteiger partial charge in [-0.1, -0.05) is 30.3 Å². The van der Waals surface area contributed by atoms with Gasteiger partial charge in [-0.2, -0.15) is 0 Å². The Hall–Kier alpha value is -4.71. The number of nitro groups is 2. The van der Waals surface area contributed by atoms with E-state index in [1.165, 1.54) is 18.2 Å². The summed E-state index contributed by atoms with van der Waals surface area (Å²) in [7, 11) is 0. The van der Waals surface area contributed by atoms with Gasteiger partial charge in [0.05, 0.1) is 27.4 Å². The minimum atomic E-state index is -0.774. The molecule has 0 aliphatic carbocycles. The van der Waals surface area contributed by atoms with Crippen LogP contribution in [0.2, 0.25) is 0 Å². The second-order valence-electron chi connectivity index (χ2n) is 7.34. The number of imide groups is 1. The molecule has 0 spiro atoms. The first-order valence-corrected chi connectivity index (χ1v) is 11.3. The molecule has 1 saturated heterocycles. The Labute approximate surface area is 208 Å². The number of carbonyl (C=O) groups excluding carboxylic acids is 2. The molecule has 2 amide bonds. The zero-order valence-electron chi connectivity index (χ0n) is 18.4. The number of nitrogens with zero attached hydrogens (tertiary/aromatic N) is 3. The Morgan fingerprint density at radius 1 is 0.889 bits per heavy atom. The predicted octanol–water partition coefficient (Wildman–Crippen LogP) is 5.41. The monoisotopic (exact) mass is 507 g/mol. The first kappa shape index (κ1) is 24.4. The lowest BCUT2D eigenvalue weighted by molar-refractivity contribution is -0.394. The summed E-state index contributed by atoms with van der Waals surface area (Å²) in [6, 6.07) is 18.4. The van der Waals surface area contributed by atoms with Crippen molar-refractivity contribution in [3.8, 4) is 17.2 Å². The third kappa shape index (κ3) is 5.67. The van der Waals surface area contributed by atoms with Crippen LogP contribution in [0.25, 0.3) is 6.08 Å². The van der Waals surface area contributed by atoms with E-state index in [0.717, 1.165) is 34.9 Å². The molecule has 0 aromatic heterocycles. The second-order valence-corrected chi connectivity index (χ2v) is 8.33. The molecule has 36 heavy (non-hydrogen) atoms. The maximum absolute atomic E-state index is 12.7. The van der Waals surface area contributed by atoms with Gasteiger partial charge in [0.15, 0.2) is 0 Å². The van der Waals surface area contributed by atoms with E-state index in [-0.39, 0.29) is 29.6 Å². The fraction of sp³-hybridized carbons (Fsp3) is 0.0833. The number of benzene rings is 3. The van der Waals surface area contributed by atoms with Crippen LogP contribution in [0.15, 0.2) is 77.7 Å². The van der Waals surface area contributed by atoms with Crippen LogP contribution in [0.1, 0.15) is 5.56 Å². The van der Waals surface area contributed by atoms with Crippen molar-refractivity contribution in [2.75, 3.05) is 13.2 Å². The van der Waals surface area contributed by atoms with Crippen molar-refractivity contribution in [1.82, 2.24) is 4.90 Å². The van der Waals surface area contributed by atoms with E-state index in [2.05, 4.69) is 0 Å². The summed E-state index contributed by atoms with van der Waals surface area (Å²) in [6.45, 7) is 0.233. The number of non-ortho nitro benzene ring substituents is 1. The summed E-state index contributed by atoms with van der Waals surface area (Å²) in [4.78, 5) is 47.2. The Morgan fingerprint density at radius 2 is 1.64 bits per heavy atom. The zero-order chi connectivity index (χ0) is 25.7. The largest absolute Gasteiger partial charge is 0.492 e. The van der Waals surface area contributed by atoms with Crippen molar-refractivity contribution in [3.63, 3.8) is 0 Å². The Morgan fingerprint density at radius 3 is 2.36 bits per heavy atom. The molecule has 1 aliphatic rings. The molecule has 0 unspecified atom stereocenters. The van der Waals surface area contributed by atoms with Crippen LogP contribution in [0, 0.1) is 20.2 Å². The van der Waals surface area contributed by atoms with Gasteiger partial charge in [-0.15, -0.1) is 0 Å². The van der Waals surface area contributed by atoms with E-state index in [1.54, 1.807) is 24.3 Å².